The Morgan fingerprint density at radius 1 is 0.458 bits per heavy atom. The van der Waals surface area contributed by atoms with Gasteiger partial charge < -0.3 is 0 Å². The molecule has 0 saturated heterocycles. The maximum atomic E-state index is 8.39. The lowest BCUT2D eigenvalue weighted by molar-refractivity contribution is 0.762. The molecule has 0 aliphatic carbocycles. The quantitative estimate of drug-likeness (QED) is 0.287. The van der Waals surface area contributed by atoms with Crippen LogP contribution in [0.3, 0.4) is 0 Å². The molecule has 0 aliphatic rings. The highest BCUT2D eigenvalue weighted by atomic mass is 14.2. The van der Waals surface area contributed by atoms with E-state index in [1.165, 1.54) is 12.8 Å². The van der Waals surface area contributed by atoms with Gasteiger partial charge in [0.2, 0.25) is 0 Å². The molecular formula is C22H28N2. The standard InChI is InChI=1S/C22H28N2/c23-21-19-17-15-13-11-9-7-5-3-1-2-4-6-8-10-12-14-16-18-20-22-24/h5-16H,1-4,17-20H2/b7-5+,8-6+,11-9+,12-10+,15-13+,16-14+. The van der Waals surface area contributed by atoms with Gasteiger partial charge in [-0.3, -0.25) is 0 Å². The van der Waals surface area contributed by atoms with Gasteiger partial charge in [-0.15, -0.1) is 0 Å². The van der Waals surface area contributed by atoms with Crippen molar-refractivity contribution in [3.8, 4) is 12.1 Å². The van der Waals surface area contributed by atoms with Crippen molar-refractivity contribution in [2.75, 3.05) is 0 Å². The molecule has 0 heterocycles. The molecule has 0 amide bonds. The van der Waals surface area contributed by atoms with Crippen molar-refractivity contribution in [1.82, 2.24) is 0 Å². The summed E-state index contributed by atoms with van der Waals surface area (Å²) in [6.07, 6.45) is 32.0. The smallest absolute Gasteiger partial charge is 0.0625 e. The minimum atomic E-state index is 0.587. The Balaban J connectivity index is 3.50. The monoisotopic (exact) mass is 320 g/mol. The molecule has 0 rings (SSSR count). The number of allylic oxidation sites excluding steroid dienone is 12. The van der Waals surface area contributed by atoms with Gasteiger partial charge in [0, 0.05) is 12.8 Å². The molecule has 0 aliphatic heterocycles. The molecule has 0 spiro atoms. The molecule has 0 radical (unpaired) electrons. The van der Waals surface area contributed by atoms with E-state index in [-0.39, 0.29) is 0 Å². The normalized spacial score (nSPS) is 12.4. The second-order valence-corrected chi connectivity index (χ2v) is 5.16. The summed E-state index contributed by atoms with van der Waals surface area (Å²) in [4.78, 5) is 0. The van der Waals surface area contributed by atoms with Crippen LogP contribution in [0.25, 0.3) is 0 Å². The van der Waals surface area contributed by atoms with E-state index in [1.54, 1.807) is 0 Å². The molecule has 2 nitrogen and oxygen atoms in total. The topological polar surface area (TPSA) is 47.6 Å². The Bertz CT molecular complexity index is 481. The summed E-state index contributed by atoms with van der Waals surface area (Å²) in [5.74, 6) is 0. The van der Waals surface area contributed by atoms with Crippen LogP contribution in [0, 0.1) is 22.7 Å². The lowest BCUT2D eigenvalue weighted by atomic mass is 10.2. The maximum absolute atomic E-state index is 8.39. The van der Waals surface area contributed by atoms with Crippen LogP contribution < -0.4 is 0 Å². The minimum Gasteiger partial charge on any atom is -0.198 e. The average Bonchev–Trinajstić information content (AvgIpc) is 2.60. The van der Waals surface area contributed by atoms with E-state index in [4.69, 9.17) is 10.5 Å². The van der Waals surface area contributed by atoms with Crippen LogP contribution in [-0.2, 0) is 0 Å². The Morgan fingerprint density at radius 2 is 0.792 bits per heavy atom. The highest BCUT2D eigenvalue weighted by molar-refractivity contribution is 5.12. The number of hydrogen-bond acceptors (Lipinski definition) is 2. The average molecular weight is 320 g/mol. The van der Waals surface area contributed by atoms with E-state index in [1.807, 2.05) is 48.6 Å². The van der Waals surface area contributed by atoms with Crippen molar-refractivity contribution in [3.05, 3.63) is 72.9 Å². The van der Waals surface area contributed by atoms with Crippen molar-refractivity contribution < 1.29 is 0 Å². The third-order valence-electron chi connectivity index (χ3n) is 3.05. The summed E-state index contributed by atoms with van der Waals surface area (Å²) < 4.78 is 0. The van der Waals surface area contributed by atoms with Gasteiger partial charge in [-0.05, 0) is 38.5 Å². The zero-order valence-electron chi connectivity index (χ0n) is 14.5. The zero-order chi connectivity index (χ0) is 17.6. The zero-order valence-corrected chi connectivity index (χ0v) is 14.5. The third kappa shape index (κ3) is 19.4. The van der Waals surface area contributed by atoms with Crippen LogP contribution in [0.1, 0.15) is 51.4 Å². The SMILES string of the molecule is N#CCC/C=C/C=C/C=C/CCCC/C=C/C=C/C=C/CCC#N. The Labute approximate surface area is 147 Å². The number of unbranched alkanes of at least 4 members (excludes halogenated alkanes) is 5. The molecular weight excluding hydrogens is 292 g/mol. The van der Waals surface area contributed by atoms with Crippen molar-refractivity contribution >= 4 is 0 Å². The van der Waals surface area contributed by atoms with E-state index in [0.29, 0.717) is 12.8 Å². The molecule has 0 fully saturated rings. The van der Waals surface area contributed by atoms with Gasteiger partial charge in [0.1, 0.15) is 0 Å². The van der Waals surface area contributed by atoms with Gasteiger partial charge >= 0.3 is 0 Å². The summed E-state index contributed by atoms with van der Waals surface area (Å²) in [5.41, 5.74) is 0. The van der Waals surface area contributed by atoms with Gasteiger partial charge in [0.15, 0.2) is 0 Å². The molecule has 0 N–H and O–H groups in total. The Kier molecular flexibility index (Phi) is 18.2. The second-order valence-electron chi connectivity index (χ2n) is 5.16. The van der Waals surface area contributed by atoms with E-state index >= 15 is 0 Å². The highest BCUT2D eigenvalue weighted by Crippen LogP contribution is 2.02. The number of nitrogens with zero attached hydrogens (tertiary/aromatic N) is 2. The van der Waals surface area contributed by atoms with Crippen LogP contribution in [0.5, 0.6) is 0 Å². The first-order chi connectivity index (χ1) is 11.9. The Hall–Kier alpha value is -2.58. The molecule has 0 saturated carbocycles. The van der Waals surface area contributed by atoms with Crippen molar-refractivity contribution in [2.24, 2.45) is 0 Å². The first-order valence-corrected chi connectivity index (χ1v) is 8.62. The number of hydrogen-bond donors (Lipinski definition) is 0. The van der Waals surface area contributed by atoms with E-state index < -0.39 is 0 Å². The molecule has 24 heavy (non-hydrogen) atoms. The summed E-state index contributed by atoms with van der Waals surface area (Å²) >= 11 is 0. The van der Waals surface area contributed by atoms with Crippen molar-refractivity contribution in [3.63, 3.8) is 0 Å². The summed E-state index contributed by atoms with van der Waals surface area (Å²) in [6.45, 7) is 0. The van der Waals surface area contributed by atoms with E-state index in [9.17, 15) is 0 Å². The van der Waals surface area contributed by atoms with Crippen LogP contribution in [0.15, 0.2) is 72.9 Å². The fourth-order valence-corrected chi connectivity index (χ4v) is 1.78. The lowest BCUT2D eigenvalue weighted by Crippen LogP contribution is -1.71. The summed E-state index contributed by atoms with van der Waals surface area (Å²) in [7, 11) is 0. The molecule has 0 bridgehead atoms. The van der Waals surface area contributed by atoms with Gasteiger partial charge in [0.25, 0.3) is 0 Å². The van der Waals surface area contributed by atoms with Crippen LogP contribution >= 0.6 is 0 Å². The van der Waals surface area contributed by atoms with E-state index in [2.05, 4.69) is 36.4 Å². The largest absolute Gasteiger partial charge is 0.198 e. The first kappa shape index (κ1) is 21.4. The van der Waals surface area contributed by atoms with Gasteiger partial charge in [-0.2, -0.15) is 10.5 Å². The van der Waals surface area contributed by atoms with Crippen LogP contribution in [-0.4, -0.2) is 0 Å². The second kappa shape index (κ2) is 20.4. The minimum absolute atomic E-state index is 0.587. The third-order valence-corrected chi connectivity index (χ3v) is 3.05. The predicted molar refractivity (Wildman–Crippen MR) is 103 cm³/mol. The lowest BCUT2D eigenvalue weighted by Gasteiger charge is -1.91. The maximum Gasteiger partial charge on any atom is 0.0625 e. The molecule has 0 atom stereocenters. The number of rotatable bonds is 13. The fraction of sp³-hybridized carbons (Fsp3) is 0.364. The first-order valence-electron chi connectivity index (χ1n) is 8.62. The molecule has 0 unspecified atom stereocenters. The molecule has 0 aromatic rings. The molecule has 126 valence electrons. The highest BCUT2D eigenvalue weighted by Gasteiger charge is 1.82. The number of nitriles is 2. The van der Waals surface area contributed by atoms with Crippen molar-refractivity contribution in [2.45, 2.75) is 51.4 Å². The summed E-state index contributed by atoms with van der Waals surface area (Å²) in [5, 5.41) is 16.8. The van der Waals surface area contributed by atoms with Gasteiger partial charge in [-0.25, -0.2) is 0 Å². The predicted octanol–water partition coefficient (Wildman–Crippen LogP) is 6.49. The van der Waals surface area contributed by atoms with Crippen LogP contribution in [0.4, 0.5) is 0 Å². The van der Waals surface area contributed by atoms with Gasteiger partial charge in [-0.1, -0.05) is 72.9 Å². The van der Waals surface area contributed by atoms with Crippen LogP contribution in [0.2, 0.25) is 0 Å². The Morgan fingerprint density at radius 3 is 1.12 bits per heavy atom. The van der Waals surface area contributed by atoms with Crippen molar-refractivity contribution in [1.29, 1.82) is 10.5 Å². The molecule has 2 heteroatoms. The fourth-order valence-electron chi connectivity index (χ4n) is 1.78. The summed E-state index contributed by atoms with van der Waals surface area (Å²) in [6, 6.07) is 4.23. The molecule has 0 aromatic carbocycles. The van der Waals surface area contributed by atoms with Gasteiger partial charge in [0.05, 0.1) is 12.1 Å². The van der Waals surface area contributed by atoms with E-state index in [0.717, 1.165) is 25.7 Å². The molecule has 0 aromatic heterocycles.